The second kappa shape index (κ2) is 3.56. The summed E-state index contributed by atoms with van der Waals surface area (Å²) in [5, 5.41) is 8.55. The molecule has 1 fully saturated rings. The molecule has 1 aliphatic carbocycles. The lowest BCUT2D eigenvalue weighted by Crippen LogP contribution is -1.97. The number of rotatable bonds is 4. The molecule has 62 valence electrons. The number of allylic oxidation sites excluding steroid dienone is 2. The Morgan fingerprint density at radius 3 is 2.91 bits per heavy atom. The maximum absolute atomic E-state index is 10.4. The summed E-state index contributed by atoms with van der Waals surface area (Å²) < 4.78 is 0. The molecule has 2 nitrogen and oxygen atoms in total. The van der Waals surface area contributed by atoms with Crippen LogP contribution in [-0.2, 0) is 4.79 Å². The molecule has 0 radical (unpaired) electrons. The van der Waals surface area contributed by atoms with Crippen molar-refractivity contribution < 1.29 is 9.90 Å². The molecule has 0 unspecified atom stereocenters. The van der Waals surface area contributed by atoms with E-state index < -0.39 is 5.97 Å². The number of carbonyl (C=O) groups is 1. The number of hydrogen-bond donors (Lipinski definition) is 1. The summed E-state index contributed by atoms with van der Waals surface area (Å²) in [4.78, 5) is 10.4. The lowest BCUT2D eigenvalue weighted by molar-refractivity contribution is -0.138. The maximum Gasteiger partial charge on any atom is 0.307 e. The maximum atomic E-state index is 10.4. The highest BCUT2D eigenvalue weighted by atomic mass is 16.4. The van der Waals surface area contributed by atoms with Gasteiger partial charge in [-0.25, -0.2) is 0 Å². The Morgan fingerprint density at radius 1 is 1.73 bits per heavy atom. The summed E-state index contributed by atoms with van der Waals surface area (Å²) in [5.41, 5.74) is 0. The highest BCUT2D eigenvalue weighted by Crippen LogP contribution is 2.39. The van der Waals surface area contributed by atoms with Gasteiger partial charge in [0.1, 0.15) is 0 Å². The minimum atomic E-state index is -0.642. The summed E-state index contributed by atoms with van der Waals surface area (Å²) in [6.07, 6.45) is 7.19. The number of carboxylic acid groups (broad SMARTS) is 1. The molecule has 1 aliphatic rings. The molecule has 0 aromatic rings. The minimum Gasteiger partial charge on any atom is -0.481 e. The van der Waals surface area contributed by atoms with Gasteiger partial charge in [0, 0.05) is 0 Å². The van der Waals surface area contributed by atoms with Crippen LogP contribution in [0, 0.1) is 11.8 Å². The predicted molar refractivity (Wildman–Crippen MR) is 43.3 cm³/mol. The number of hydrogen-bond acceptors (Lipinski definition) is 1. The van der Waals surface area contributed by atoms with Crippen molar-refractivity contribution in [2.45, 2.75) is 26.2 Å². The van der Waals surface area contributed by atoms with E-state index >= 15 is 0 Å². The zero-order valence-electron chi connectivity index (χ0n) is 6.79. The number of unbranched alkanes of at least 4 members (excludes halogenated alkanes) is 1. The average molecular weight is 154 g/mol. The molecule has 0 aromatic heterocycles. The van der Waals surface area contributed by atoms with Gasteiger partial charge < -0.3 is 5.11 Å². The lowest BCUT2D eigenvalue weighted by atomic mass is 10.2. The second-order valence-corrected chi connectivity index (χ2v) is 3.06. The third kappa shape index (κ3) is 2.37. The van der Waals surface area contributed by atoms with E-state index in [0.717, 1.165) is 19.3 Å². The van der Waals surface area contributed by atoms with Crippen LogP contribution in [0.15, 0.2) is 12.2 Å². The van der Waals surface area contributed by atoms with Crippen LogP contribution in [-0.4, -0.2) is 11.1 Å². The lowest BCUT2D eigenvalue weighted by Gasteiger charge is -1.86. The Labute approximate surface area is 66.9 Å². The Balaban J connectivity index is 2.17. The molecule has 0 aliphatic heterocycles. The smallest absolute Gasteiger partial charge is 0.307 e. The van der Waals surface area contributed by atoms with Crippen LogP contribution in [0.5, 0.6) is 0 Å². The molecule has 1 rings (SSSR count). The van der Waals surface area contributed by atoms with Crippen molar-refractivity contribution in [2.75, 3.05) is 0 Å². The van der Waals surface area contributed by atoms with Gasteiger partial charge in [-0.3, -0.25) is 4.79 Å². The third-order valence-electron chi connectivity index (χ3n) is 2.00. The molecule has 2 heteroatoms. The highest BCUT2D eigenvalue weighted by Gasteiger charge is 2.40. The van der Waals surface area contributed by atoms with E-state index in [1.165, 1.54) is 0 Å². The van der Waals surface area contributed by atoms with Gasteiger partial charge in [0.15, 0.2) is 0 Å². The van der Waals surface area contributed by atoms with Crippen molar-refractivity contribution in [3.05, 3.63) is 12.2 Å². The van der Waals surface area contributed by atoms with Crippen LogP contribution in [0.25, 0.3) is 0 Å². The van der Waals surface area contributed by atoms with Crippen molar-refractivity contribution >= 4 is 5.97 Å². The summed E-state index contributed by atoms with van der Waals surface area (Å²) in [5.74, 6) is -0.390. The SMILES string of the molecule is CCC/C=C/[C@@H]1C[C@H]1C(=O)O. The van der Waals surface area contributed by atoms with Crippen LogP contribution < -0.4 is 0 Å². The van der Waals surface area contributed by atoms with Gasteiger partial charge in [0.2, 0.25) is 0 Å². The first-order chi connectivity index (χ1) is 5.25. The van der Waals surface area contributed by atoms with Gasteiger partial charge in [0.05, 0.1) is 5.92 Å². The van der Waals surface area contributed by atoms with Crippen molar-refractivity contribution in [3.8, 4) is 0 Å². The predicted octanol–water partition coefficient (Wildman–Crippen LogP) is 2.06. The summed E-state index contributed by atoms with van der Waals surface area (Å²) in [7, 11) is 0. The van der Waals surface area contributed by atoms with Gasteiger partial charge in [0.25, 0.3) is 0 Å². The third-order valence-corrected chi connectivity index (χ3v) is 2.00. The van der Waals surface area contributed by atoms with Gasteiger partial charge in [-0.1, -0.05) is 25.5 Å². The molecule has 1 saturated carbocycles. The first-order valence-corrected chi connectivity index (χ1v) is 4.15. The summed E-state index contributed by atoms with van der Waals surface area (Å²) in [6.45, 7) is 2.12. The molecule has 0 bridgehead atoms. The van der Waals surface area contributed by atoms with Crippen LogP contribution in [0.3, 0.4) is 0 Å². The number of carboxylic acids is 1. The molecule has 0 saturated heterocycles. The van der Waals surface area contributed by atoms with Crippen LogP contribution in [0.1, 0.15) is 26.2 Å². The average Bonchev–Trinajstić information content (AvgIpc) is 2.68. The molecule has 2 atom stereocenters. The fraction of sp³-hybridized carbons (Fsp3) is 0.667. The Bertz CT molecular complexity index is 172. The fourth-order valence-electron chi connectivity index (χ4n) is 1.15. The van der Waals surface area contributed by atoms with E-state index in [0.29, 0.717) is 5.92 Å². The second-order valence-electron chi connectivity index (χ2n) is 3.06. The fourth-order valence-corrected chi connectivity index (χ4v) is 1.15. The first-order valence-electron chi connectivity index (χ1n) is 4.15. The van der Waals surface area contributed by atoms with E-state index in [9.17, 15) is 4.79 Å². The van der Waals surface area contributed by atoms with Crippen molar-refractivity contribution in [1.29, 1.82) is 0 Å². The molecule has 0 heterocycles. The van der Waals surface area contributed by atoms with Gasteiger partial charge in [-0.15, -0.1) is 0 Å². The van der Waals surface area contributed by atoms with Gasteiger partial charge >= 0.3 is 5.97 Å². The van der Waals surface area contributed by atoms with E-state index in [-0.39, 0.29) is 5.92 Å². The van der Waals surface area contributed by atoms with Gasteiger partial charge in [-0.05, 0) is 18.8 Å². The molecule has 11 heavy (non-hydrogen) atoms. The topological polar surface area (TPSA) is 37.3 Å². The number of aliphatic carboxylic acids is 1. The van der Waals surface area contributed by atoms with Crippen LogP contribution in [0.4, 0.5) is 0 Å². The van der Waals surface area contributed by atoms with Crippen molar-refractivity contribution in [1.82, 2.24) is 0 Å². The van der Waals surface area contributed by atoms with E-state index in [2.05, 4.69) is 13.0 Å². The van der Waals surface area contributed by atoms with Crippen LogP contribution in [0.2, 0.25) is 0 Å². The zero-order chi connectivity index (χ0) is 8.27. The normalized spacial score (nSPS) is 29.2. The summed E-state index contributed by atoms with van der Waals surface area (Å²) in [6, 6.07) is 0. The first kappa shape index (κ1) is 8.31. The Morgan fingerprint density at radius 2 is 2.45 bits per heavy atom. The molecule has 0 amide bonds. The molecular weight excluding hydrogens is 140 g/mol. The molecule has 0 aromatic carbocycles. The van der Waals surface area contributed by atoms with Gasteiger partial charge in [-0.2, -0.15) is 0 Å². The van der Waals surface area contributed by atoms with Crippen molar-refractivity contribution in [3.63, 3.8) is 0 Å². The quantitative estimate of drug-likeness (QED) is 0.629. The van der Waals surface area contributed by atoms with E-state index in [1.807, 2.05) is 6.08 Å². The Kier molecular flexibility index (Phi) is 2.69. The monoisotopic (exact) mass is 154 g/mol. The van der Waals surface area contributed by atoms with E-state index in [4.69, 9.17) is 5.11 Å². The van der Waals surface area contributed by atoms with E-state index in [1.54, 1.807) is 0 Å². The largest absolute Gasteiger partial charge is 0.481 e. The van der Waals surface area contributed by atoms with Crippen molar-refractivity contribution in [2.24, 2.45) is 11.8 Å². The minimum absolute atomic E-state index is 0.0805. The molecular formula is C9H14O2. The van der Waals surface area contributed by atoms with Crippen LogP contribution >= 0.6 is 0 Å². The Hall–Kier alpha value is -0.790. The molecule has 1 N–H and O–H groups in total. The molecule has 0 spiro atoms. The summed E-state index contributed by atoms with van der Waals surface area (Å²) >= 11 is 0. The standard InChI is InChI=1S/C9H14O2/c1-2-3-4-5-7-6-8(7)9(10)11/h4-5,7-8H,2-3,6H2,1H3,(H,10,11)/b5-4+/t7-,8-/m1/s1. The zero-order valence-corrected chi connectivity index (χ0v) is 6.79. The highest BCUT2D eigenvalue weighted by molar-refractivity contribution is 5.73.